The van der Waals surface area contributed by atoms with Crippen LogP contribution in [0.2, 0.25) is 0 Å². The van der Waals surface area contributed by atoms with Crippen LogP contribution in [-0.2, 0) is 11.2 Å². The van der Waals surface area contributed by atoms with Crippen molar-refractivity contribution in [3.8, 4) is 0 Å². The lowest BCUT2D eigenvalue weighted by Crippen LogP contribution is -2.41. The maximum Gasteiger partial charge on any atom is 0.0640 e. The first-order valence-electron chi connectivity index (χ1n) is 8.09. The maximum absolute atomic E-state index is 5.64. The minimum Gasteiger partial charge on any atom is -0.381 e. The number of rotatable bonds is 7. The van der Waals surface area contributed by atoms with Crippen LogP contribution in [0.1, 0.15) is 51.8 Å². The van der Waals surface area contributed by atoms with Crippen molar-refractivity contribution in [3.63, 3.8) is 0 Å². The standard InChI is InChI=1S/C16H29N3O/c1-4-13(3)19-9-8-15(18-19)11-16(17-5-2)14-7-6-10-20-12-14/h8-9,13-14,16-17H,4-7,10-12H2,1-3H3. The topological polar surface area (TPSA) is 39.1 Å². The van der Waals surface area contributed by atoms with Crippen LogP contribution >= 0.6 is 0 Å². The molecule has 114 valence electrons. The van der Waals surface area contributed by atoms with E-state index in [-0.39, 0.29) is 0 Å². The van der Waals surface area contributed by atoms with E-state index in [1.807, 2.05) is 0 Å². The Labute approximate surface area is 122 Å². The SMILES string of the molecule is CCNC(Cc1ccn(C(C)CC)n1)C1CCCOC1. The highest BCUT2D eigenvalue weighted by Crippen LogP contribution is 2.20. The fourth-order valence-corrected chi connectivity index (χ4v) is 2.89. The number of ether oxygens (including phenoxy) is 1. The molecule has 1 aromatic heterocycles. The number of aromatic nitrogens is 2. The minimum absolute atomic E-state index is 0.486. The number of hydrogen-bond donors (Lipinski definition) is 1. The molecule has 1 aliphatic heterocycles. The second-order valence-corrected chi connectivity index (χ2v) is 5.89. The van der Waals surface area contributed by atoms with Crippen LogP contribution in [0.4, 0.5) is 0 Å². The fourth-order valence-electron chi connectivity index (χ4n) is 2.89. The first kappa shape index (κ1) is 15.5. The number of nitrogens with one attached hydrogen (secondary N) is 1. The quantitative estimate of drug-likeness (QED) is 0.834. The van der Waals surface area contributed by atoms with Gasteiger partial charge < -0.3 is 10.1 Å². The van der Waals surface area contributed by atoms with Gasteiger partial charge >= 0.3 is 0 Å². The molecule has 0 radical (unpaired) electrons. The third kappa shape index (κ3) is 4.06. The van der Waals surface area contributed by atoms with Crippen molar-refractivity contribution in [1.82, 2.24) is 15.1 Å². The Morgan fingerprint density at radius 3 is 3.00 bits per heavy atom. The lowest BCUT2D eigenvalue weighted by Gasteiger charge is -2.30. The highest BCUT2D eigenvalue weighted by atomic mass is 16.5. The second kappa shape index (κ2) is 7.79. The van der Waals surface area contributed by atoms with Gasteiger partial charge in [0.1, 0.15) is 0 Å². The number of hydrogen-bond acceptors (Lipinski definition) is 3. The zero-order valence-electron chi connectivity index (χ0n) is 13.1. The molecule has 1 saturated heterocycles. The molecule has 0 amide bonds. The smallest absolute Gasteiger partial charge is 0.0640 e. The van der Waals surface area contributed by atoms with Crippen molar-refractivity contribution in [2.75, 3.05) is 19.8 Å². The molecule has 20 heavy (non-hydrogen) atoms. The highest BCUT2D eigenvalue weighted by Gasteiger charge is 2.24. The summed E-state index contributed by atoms with van der Waals surface area (Å²) in [7, 11) is 0. The Bertz CT molecular complexity index is 385. The molecule has 0 saturated carbocycles. The molecule has 1 N–H and O–H groups in total. The van der Waals surface area contributed by atoms with Gasteiger partial charge in [-0.3, -0.25) is 4.68 Å². The molecule has 0 spiro atoms. The van der Waals surface area contributed by atoms with Crippen molar-refractivity contribution in [2.24, 2.45) is 5.92 Å². The largest absolute Gasteiger partial charge is 0.381 e. The molecule has 0 aliphatic carbocycles. The monoisotopic (exact) mass is 279 g/mol. The predicted octanol–water partition coefficient (Wildman–Crippen LogP) is 2.80. The summed E-state index contributed by atoms with van der Waals surface area (Å²) < 4.78 is 7.74. The Hall–Kier alpha value is -0.870. The lowest BCUT2D eigenvalue weighted by atomic mass is 9.90. The van der Waals surface area contributed by atoms with Crippen molar-refractivity contribution in [2.45, 2.75) is 58.5 Å². The average molecular weight is 279 g/mol. The first-order valence-corrected chi connectivity index (χ1v) is 8.09. The molecule has 2 rings (SSSR count). The van der Waals surface area contributed by atoms with E-state index in [0.717, 1.165) is 32.6 Å². The summed E-state index contributed by atoms with van der Waals surface area (Å²) in [4.78, 5) is 0. The van der Waals surface area contributed by atoms with E-state index < -0.39 is 0 Å². The summed E-state index contributed by atoms with van der Waals surface area (Å²) in [6.45, 7) is 9.42. The zero-order valence-corrected chi connectivity index (χ0v) is 13.1. The summed E-state index contributed by atoms with van der Waals surface area (Å²) in [6.07, 6.45) is 6.70. The average Bonchev–Trinajstić information content (AvgIpc) is 2.95. The molecule has 0 aromatic carbocycles. The van der Waals surface area contributed by atoms with Crippen LogP contribution in [0, 0.1) is 5.92 Å². The van der Waals surface area contributed by atoms with E-state index in [0.29, 0.717) is 18.0 Å². The molecular formula is C16H29N3O. The molecule has 1 fully saturated rings. The number of likely N-dealkylation sites (N-methyl/N-ethyl adjacent to an activating group) is 1. The van der Waals surface area contributed by atoms with Crippen molar-refractivity contribution >= 4 is 0 Å². The molecule has 4 nitrogen and oxygen atoms in total. The van der Waals surface area contributed by atoms with Gasteiger partial charge in [0.25, 0.3) is 0 Å². The predicted molar refractivity (Wildman–Crippen MR) is 81.9 cm³/mol. The molecule has 1 aromatic rings. The van der Waals surface area contributed by atoms with Crippen molar-refractivity contribution < 1.29 is 4.74 Å². The van der Waals surface area contributed by atoms with E-state index in [4.69, 9.17) is 9.84 Å². The fraction of sp³-hybridized carbons (Fsp3) is 0.812. The first-order chi connectivity index (χ1) is 9.74. The minimum atomic E-state index is 0.486. The van der Waals surface area contributed by atoms with Crippen LogP contribution in [0.5, 0.6) is 0 Å². The Morgan fingerprint density at radius 2 is 2.35 bits per heavy atom. The van der Waals surface area contributed by atoms with E-state index in [9.17, 15) is 0 Å². The van der Waals surface area contributed by atoms with Gasteiger partial charge in [0.15, 0.2) is 0 Å². The third-order valence-electron chi connectivity index (χ3n) is 4.37. The van der Waals surface area contributed by atoms with Crippen molar-refractivity contribution in [1.29, 1.82) is 0 Å². The lowest BCUT2D eigenvalue weighted by molar-refractivity contribution is 0.0394. The van der Waals surface area contributed by atoms with Crippen LogP contribution in [0.3, 0.4) is 0 Å². The Kier molecular flexibility index (Phi) is 6.05. The molecule has 3 unspecified atom stereocenters. The molecule has 0 bridgehead atoms. The van der Waals surface area contributed by atoms with Gasteiger partial charge in [-0.05, 0) is 44.7 Å². The zero-order chi connectivity index (χ0) is 14.4. The Morgan fingerprint density at radius 1 is 1.50 bits per heavy atom. The van der Waals surface area contributed by atoms with Crippen molar-refractivity contribution in [3.05, 3.63) is 18.0 Å². The second-order valence-electron chi connectivity index (χ2n) is 5.89. The molecule has 4 heteroatoms. The third-order valence-corrected chi connectivity index (χ3v) is 4.37. The number of nitrogens with zero attached hydrogens (tertiary/aromatic N) is 2. The normalized spacial score (nSPS) is 22.6. The van der Waals surface area contributed by atoms with Gasteiger partial charge in [0, 0.05) is 31.3 Å². The Balaban J connectivity index is 1.97. The van der Waals surface area contributed by atoms with Gasteiger partial charge in [-0.25, -0.2) is 0 Å². The van der Waals surface area contributed by atoms with Crippen LogP contribution in [0.25, 0.3) is 0 Å². The van der Waals surface area contributed by atoms with E-state index in [2.05, 4.69) is 43.0 Å². The van der Waals surface area contributed by atoms with Crippen LogP contribution < -0.4 is 5.32 Å². The van der Waals surface area contributed by atoms with Gasteiger partial charge in [0.2, 0.25) is 0 Å². The molecule has 2 heterocycles. The van der Waals surface area contributed by atoms with E-state index in [1.165, 1.54) is 18.5 Å². The summed E-state index contributed by atoms with van der Waals surface area (Å²) in [6, 6.07) is 3.14. The van der Waals surface area contributed by atoms with Crippen LogP contribution in [-0.4, -0.2) is 35.6 Å². The summed E-state index contributed by atoms with van der Waals surface area (Å²) >= 11 is 0. The van der Waals surface area contributed by atoms with Gasteiger partial charge in [0.05, 0.1) is 12.3 Å². The van der Waals surface area contributed by atoms with E-state index >= 15 is 0 Å². The molecule has 3 atom stereocenters. The van der Waals surface area contributed by atoms with Gasteiger partial charge in [-0.1, -0.05) is 13.8 Å². The van der Waals surface area contributed by atoms with E-state index in [1.54, 1.807) is 0 Å². The summed E-state index contributed by atoms with van der Waals surface area (Å²) in [5, 5.41) is 8.36. The van der Waals surface area contributed by atoms with Gasteiger partial charge in [-0.2, -0.15) is 5.10 Å². The highest BCUT2D eigenvalue weighted by molar-refractivity contribution is 5.03. The summed E-state index contributed by atoms with van der Waals surface area (Å²) in [5.74, 6) is 0.623. The summed E-state index contributed by atoms with van der Waals surface area (Å²) in [5.41, 5.74) is 1.20. The maximum atomic E-state index is 5.64. The molecular weight excluding hydrogens is 250 g/mol. The van der Waals surface area contributed by atoms with Gasteiger partial charge in [-0.15, -0.1) is 0 Å². The van der Waals surface area contributed by atoms with Crippen LogP contribution in [0.15, 0.2) is 12.3 Å². The molecule has 1 aliphatic rings.